The van der Waals surface area contributed by atoms with Crippen LogP contribution in [-0.2, 0) is 11.2 Å². The van der Waals surface area contributed by atoms with Crippen molar-refractivity contribution in [2.75, 3.05) is 48.8 Å². The molecule has 0 radical (unpaired) electrons. The fourth-order valence-corrected chi connectivity index (χ4v) is 3.57. The van der Waals surface area contributed by atoms with Gasteiger partial charge in [0.1, 0.15) is 11.6 Å². The highest BCUT2D eigenvalue weighted by molar-refractivity contribution is 5.98. The van der Waals surface area contributed by atoms with E-state index < -0.39 is 0 Å². The number of carbonyl (C=O) groups excluding carboxylic acids is 1. The van der Waals surface area contributed by atoms with E-state index in [0.717, 1.165) is 55.5 Å². The first-order chi connectivity index (χ1) is 16.5. The van der Waals surface area contributed by atoms with E-state index in [9.17, 15) is 4.79 Å². The van der Waals surface area contributed by atoms with Crippen LogP contribution in [0.5, 0.6) is 0 Å². The highest BCUT2D eigenvalue weighted by Crippen LogP contribution is 2.22. The lowest BCUT2D eigenvalue weighted by molar-refractivity contribution is -0.111. The number of nitrogens with zero attached hydrogens (tertiary/aromatic N) is 5. The van der Waals surface area contributed by atoms with Gasteiger partial charge in [0.15, 0.2) is 11.6 Å². The average molecular weight is 459 g/mol. The molecule has 0 unspecified atom stereocenters. The maximum absolute atomic E-state index is 11.5. The number of aromatic amines is 1. The number of amides is 1. The standard InChI is InChI=1S/C25H30N8O/c1-4-19-16-23(31-30-19)28-22-17-24(33-14-12-32(3)13-15-33)29-21(27-22)11-8-18-6-9-20(10-7-18)26-25(34)5-2/h5-11,16-17H,2,4,12-15H2,1,3H3,(H,26,34)(H2,27,28,29,30,31)/b11-8+. The third-order valence-corrected chi connectivity index (χ3v) is 5.61. The van der Waals surface area contributed by atoms with Crippen LogP contribution in [0.1, 0.15) is 24.0 Å². The molecular weight excluding hydrogens is 428 g/mol. The van der Waals surface area contributed by atoms with Crippen molar-refractivity contribution in [3.63, 3.8) is 0 Å². The van der Waals surface area contributed by atoms with Crippen LogP contribution in [0, 0.1) is 0 Å². The number of rotatable bonds is 8. The molecule has 3 N–H and O–H groups in total. The number of aryl methyl sites for hydroxylation is 1. The maximum Gasteiger partial charge on any atom is 0.247 e. The third-order valence-electron chi connectivity index (χ3n) is 5.61. The van der Waals surface area contributed by atoms with Crippen LogP contribution in [0.25, 0.3) is 12.2 Å². The monoisotopic (exact) mass is 458 g/mol. The van der Waals surface area contributed by atoms with Gasteiger partial charge in [0.05, 0.1) is 0 Å². The number of anilines is 4. The predicted molar refractivity (Wildman–Crippen MR) is 137 cm³/mol. The van der Waals surface area contributed by atoms with Crippen molar-refractivity contribution < 1.29 is 4.79 Å². The SMILES string of the molecule is C=CC(=O)Nc1ccc(/C=C/c2nc(Nc3cc(CC)[nH]n3)cc(N3CCN(C)CC3)n2)cc1. The number of nitrogens with one attached hydrogen (secondary N) is 3. The second-order valence-electron chi connectivity index (χ2n) is 8.17. The molecule has 3 aromatic rings. The smallest absolute Gasteiger partial charge is 0.247 e. The van der Waals surface area contributed by atoms with E-state index in [1.54, 1.807) is 0 Å². The van der Waals surface area contributed by atoms with Gasteiger partial charge in [0, 0.05) is 49.7 Å². The second kappa shape index (κ2) is 10.8. The Kier molecular flexibility index (Phi) is 7.34. The molecule has 1 aliphatic heterocycles. The Hall–Kier alpha value is -3.98. The van der Waals surface area contributed by atoms with Gasteiger partial charge in [-0.15, -0.1) is 0 Å². The summed E-state index contributed by atoms with van der Waals surface area (Å²) in [4.78, 5) is 25.5. The zero-order valence-corrected chi connectivity index (χ0v) is 19.6. The minimum Gasteiger partial charge on any atom is -0.354 e. The Morgan fingerprint density at radius 1 is 1.09 bits per heavy atom. The molecule has 0 atom stereocenters. The highest BCUT2D eigenvalue weighted by Gasteiger charge is 2.17. The number of benzene rings is 1. The second-order valence-corrected chi connectivity index (χ2v) is 8.17. The van der Waals surface area contributed by atoms with E-state index >= 15 is 0 Å². The lowest BCUT2D eigenvalue weighted by Crippen LogP contribution is -2.44. The van der Waals surface area contributed by atoms with Crippen molar-refractivity contribution in [1.82, 2.24) is 25.1 Å². The van der Waals surface area contributed by atoms with Gasteiger partial charge in [-0.3, -0.25) is 9.89 Å². The number of hydrogen-bond donors (Lipinski definition) is 3. The topological polar surface area (TPSA) is 102 Å². The minimum atomic E-state index is -0.236. The number of aromatic nitrogens is 4. The lowest BCUT2D eigenvalue weighted by Gasteiger charge is -2.33. The Morgan fingerprint density at radius 3 is 2.53 bits per heavy atom. The summed E-state index contributed by atoms with van der Waals surface area (Å²) in [5.74, 6) is 2.68. The molecular formula is C25H30N8O. The van der Waals surface area contributed by atoms with E-state index in [2.05, 4.69) is 56.2 Å². The molecule has 34 heavy (non-hydrogen) atoms. The van der Waals surface area contributed by atoms with Crippen LogP contribution in [0.3, 0.4) is 0 Å². The van der Waals surface area contributed by atoms with Gasteiger partial charge < -0.3 is 20.4 Å². The molecule has 2 aromatic heterocycles. The molecule has 0 spiro atoms. The largest absolute Gasteiger partial charge is 0.354 e. The molecule has 1 aromatic carbocycles. The maximum atomic E-state index is 11.5. The summed E-state index contributed by atoms with van der Waals surface area (Å²) in [6.45, 7) is 9.36. The number of likely N-dealkylation sites (N-methyl/N-ethyl adjacent to an activating group) is 1. The number of piperazine rings is 1. The molecule has 9 nitrogen and oxygen atoms in total. The summed E-state index contributed by atoms with van der Waals surface area (Å²) in [6, 6.07) is 11.5. The van der Waals surface area contributed by atoms with Gasteiger partial charge in [0.25, 0.3) is 0 Å². The summed E-state index contributed by atoms with van der Waals surface area (Å²) in [5.41, 5.74) is 2.75. The summed E-state index contributed by atoms with van der Waals surface area (Å²) in [7, 11) is 2.13. The molecule has 4 rings (SSSR count). The van der Waals surface area contributed by atoms with E-state index in [0.29, 0.717) is 17.3 Å². The van der Waals surface area contributed by atoms with Crippen LogP contribution in [0.4, 0.5) is 23.1 Å². The van der Waals surface area contributed by atoms with Gasteiger partial charge in [-0.1, -0.05) is 31.7 Å². The Balaban J connectivity index is 1.56. The highest BCUT2D eigenvalue weighted by atomic mass is 16.1. The molecule has 0 bridgehead atoms. The molecule has 3 heterocycles. The third kappa shape index (κ3) is 6.08. The van der Waals surface area contributed by atoms with E-state index in [1.165, 1.54) is 6.08 Å². The molecule has 0 aliphatic carbocycles. The van der Waals surface area contributed by atoms with Crippen molar-refractivity contribution in [3.8, 4) is 0 Å². The quantitative estimate of drug-likeness (QED) is 0.444. The van der Waals surface area contributed by atoms with Crippen LogP contribution < -0.4 is 15.5 Å². The summed E-state index contributed by atoms with van der Waals surface area (Å²) in [6.07, 6.45) is 5.98. The van der Waals surface area contributed by atoms with Gasteiger partial charge in [-0.2, -0.15) is 5.10 Å². The molecule has 0 saturated carbocycles. The van der Waals surface area contributed by atoms with Crippen molar-refractivity contribution in [3.05, 3.63) is 66.1 Å². The van der Waals surface area contributed by atoms with Crippen LogP contribution >= 0.6 is 0 Å². The molecule has 1 fully saturated rings. The van der Waals surface area contributed by atoms with Crippen LogP contribution in [0.15, 0.2) is 49.1 Å². The zero-order chi connectivity index (χ0) is 23.9. The van der Waals surface area contributed by atoms with E-state index in [1.807, 2.05) is 48.6 Å². The lowest BCUT2D eigenvalue weighted by atomic mass is 10.2. The fraction of sp³-hybridized carbons (Fsp3) is 0.280. The molecule has 176 valence electrons. The molecule has 1 aliphatic rings. The normalized spacial score (nSPS) is 14.4. The van der Waals surface area contributed by atoms with Gasteiger partial charge in [-0.05, 0) is 43.3 Å². The van der Waals surface area contributed by atoms with E-state index in [-0.39, 0.29) is 5.91 Å². The van der Waals surface area contributed by atoms with Crippen LogP contribution in [0.2, 0.25) is 0 Å². The first-order valence-corrected chi connectivity index (χ1v) is 11.4. The summed E-state index contributed by atoms with van der Waals surface area (Å²) in [5, 5.41) is 13.4. The van der Waals surface area contributed by atoms with Gasteiger partial charge >= 0.3 is 0 Å². The van der Waals surface area contributed by atoms with Crippen molar-refractivity contribution in [2.24, 2.45) is 0 Å². The number of hydrogen-bond acceptors (Lipinski definition) is 7. The predicted octanol–water partition coefficient (Wildman–Crippen LogP) is 3.55. The summed E-state index contributed by atoms with van der Waals surface area (Å²) < 4.78 is 0. The Bertz CT molecular complexity index is 1160. The van der Waals surface area contributed by atoms with Crippen molar-refractivity contribution >= 4 is 41.2 Å². The number of carbonyl (C=O) groups is 1. The molecule has 1 amide bonds. The van der Waals surface area contributed by atoms with Gasteiger partial charge in [0.2, 0.25) is 5.91 Å². The zero-order valence-electron chi connectivity index (χ0n) is 19.6. The fourth-order valence-electron chi connectivity index (χ4n) is 3.57. The van der Waals surface area contributed by atoms with Crippen molar-refractivity contribution in [2.45, 2.75) is 13.3 Å². The van der Waals surface area contributed by atoms with Crippen LogP contribution in [-0.4, -0.2) is 64.2 Å². The van der Waals surface area contributed by atoms with Crippen molar-refractivity contribution in [1.29, 1.82) is 0 Å². The summed E-state index contributed by atoms with van der Waals surface area (Å²) >= 11 is 0. The van der Waals surface area contributed by atoms with E-state index in [4.69, 9.17) is 4.98 Å². The first-order valence-electron chi connectivity index (χ1n) is 11.4. The Morgan fingerprint density at radius 2 is 1.85 bits per heavy atom. The minimum absolute atomic E-state index is 0.236. The Labute approximate surface area is 199 Å². The van der Waals surface area contributed by atoms with Gasteiger partial charge in [-0.25, -0.2) is 9.97 Å². The number of H-pyrrole nitrogens is 1. The average Bonchev–Trinajstić information content (AvgIpc) is 3.31. The molecule has 1 saturated heterocycles. The molecule has 9 heteroatoms. The first kappa shape index (κ1) is 23.2.